The molecule has 2 aromatic carbocycles. The standard InChI is InChI=1S/C16H11N3O6/c17-8-11-7-12(19(23)24)3-6-14(11)18-15(21)9-25-16(22)10-1-4-13(20)5-2-10/h1-7,20H,9H2,(H,18,21). The fourth-order valence-electron chi connectivity index (χ4n) is 1.85. The zero-order valence-electron chi connectivity index (χ0n) is 12.6. The summed E-state index contributed by atoms with van der Waals surface area (Å²) in [6.45, 7) is -0.610. The minimum atomic E-state index is -0.764. The van der Waals surface area contributed by atoms with Gasteiger partial charge in [-0.3, -0.25) is 14.9 Å². The van der Waals surface area contributed by atoms with E-state index in [1.807, 2.05) is 0 Å². The first-order chi connectivity index (χ1) is 11.9. The number of hydrogen-bond acceptors (Lipinski definition) is 7. The van der Waals surface area contributed by atoms with Crippen LogP contribution in [0.2, 0.25) is 0 Å². The van der Waals surface area contributed by atoms with E-state index in [0.29, 0.717) is 0 Å². The van der Waals surface area contributed by atoms with Crippen LogP contribution in [-0.2, 0) is 9.53 Å². The number of esters is 1. The van der Waals surface area contributed by atoms with Gasteiger partial charge in [0.25, 0.3) is 11.6 Å². The highest BCUT2D eigenvalue weighted by molar-refractivity contribution is 5.96. The Balaban J connectivity index is 1.98. The average molecular weight is 341 g/mol. The number of nitro benzene ring substituents is 1. The van der Waals surface area contributed by atoms with E-state index in [1.54, 1.807) is 6.07 Å². The molecule has 0 atom stereocenters. The van der Waals surface area contributed by atoms with Gasteiger partial charge in [0, 0.05) is 12.1 Å². The highest BCUT2D eigenvalue weighted by Gasteiger charge is 2.14. The van der Waals surface area contributed by atoms with E-state index in [1.165, 1.54) is 30.3 Å². The molecule has 0 saturated heterocycles. The molecule has 0 aliphatic rings. The number of phenolic OH excluding ortho intramolecular Hbond substituents is 1. The van der Waals surface area contributed by atoms with Crippen LogP contribution in [0.15, 0.2) is 42.5 Å². The van der Waals surface area contributed by atoms with Crippen LogP contribution in [0.4, 0.5) is 11.4 Å². The van der Waals surface area contributed by atoms with E-state index in [-0.39, 0.29) is 28.3 Å². The smallest absolute Gasteiger partial charge is 0.338 e. The predicted octanol–water partition coefficient (Wildman–Crippen LogP) is 1.97. The van der Waals surface area contributed by atoms with E-state index in [0.717, 1.165) is 12.1 Å². The SMILES string of the molecule is N#Cc1cc([N+](=O)[O-])ccc1NC(=O)COC(=O)c1ccc(O)cc1. The summed E-state index contributed by atoms with van der Waals surface area (Å²) < 4.78 is 4.81. The van der Waals surface area contributed by atoms with Crippen molar-refractivity contribution >= 4 is 23.3 Å². The summed E-state index contributed by atoms with van der Waals surface area (Å²) in [6.07, 6.45) is 0. The number of amides is 1. The van der Waals surface area contributed by atoms with Crippen LogP contribution in [0.3, 0.4) is 0 Å². The third-order valence-electron chi connectivity index (χ3n) is 3.05. The molecule has 0 fully saturated rings. The maximum Gasteiger partial charge on any atom is 0.338 e. The van der Waals surface area contributed by atoms with Crippen molar-refractivity contribution in [2.24, 2.45) is 0 Å². The number of aromatic hydroxyl groups is 1. The van der Waals surface area contributed by atoms with Gasteiger partial charge in [0.05, 0.1) is 21.7 Å². The molecule has 126 valence electrons. The summed E-state index contributed by atoms with van der Waals surface area (Å²) >= 11 is 0. The minimum Gasteiger partial charge on any atom is -0.508 e. The number of ether oxygens (including phenoxy) is 1. The Bertz CT molecular complexity index is 870. The number of anilines is 1. The van der Waals surface area contributed by atoms with E-state index >= 15 is 0 Å². The van der Waals surface area contributed by atoms with Crippen molar-refractivity contribution in [3.63, 3.8) is 0 Å². The van der Waals surface area contributed by atoms with Gasteiger partial charge in [-0.2, -0.15) is 5.26 Å². The Labute approximate surface area is 141 Å². The van der Waals surface area contributed by atoms with Crippen molar-refractivity contribution in [3.8, 4) is 11.8 Å². The second-order valence-electron chi connectivity index (χ2n) is 4.77. The van der Waals surface area contributed by atoms with Crippen LogP contribution in [-0.4, -0.2) is 28.5 Å². The van der Waals surface area contributed by atoms with Crippen LogP contribution < -0.4 is 5.32 Å². The number of phenols is 1. The Kier molecular flexibility index (Phi) is 5.27. The lowest BCUT2D eigenvalue weighted by Crippen LogP contribution is -2.21. The first-order valence-corrected chi connectivity index (χ1v) is 6.85. The Hall–Kier alpha value is -3.93. The lowest BCUT2D eigenvalue weighted by Gasteiger charge is -2.08. The molecule has 1 amide bonds. The van der Waals surface area contributed by atoms with Crippen molar-refractivity contribution in [3.05, 3.63) is 63.7 Å². The van der Waals surface area contributed by atoms with E-state index in [9.17, 15) is 19.7 Å². The molecule has 0 spiro atoms. The molecule has 9 nitrogen and oxygen atoms in total. The number of nitrogens with zero attached hydrogens (tertiary/aromatic N) is 2. The number of nitro groups is 1. The molecule has 0 aliphatic heterocycles. The molecule has 0 heterocycles. The van der Waals surface area contributed by atoms with E-state index < -0.39 is 23.4 Å². The topological polar surface area (TPSA) is 143 Å². The molecule has 0 radical (unpaired) electrons. The minimum absolute atomic E-state index is 0.0171. The molecule has 2 rings (SSSR count). The third-order valence-corrected chi connectivity index (χ3v) is 3.05. The van der Waals surface area contributed by atoms with Crippen molar-refractivity contribution in [2.75, 3.05) is 11.9 Å². The number of carbonyl (C=O) groups excluding carboxylic acids is 2. The summed E-state index contributed by atoms with van der Waals surface area (Å²) in [5.74, 6) is -1.49. The molecule has 0 bridgehead atoms. The molecule has 25 heavy (non-hydrogen) atoms. The van der Waals surface area contributed by atoms with Crippen molar-refractivity contribution in [1.82, 2.24) is 0 Å². The fraction of sp³-hybridized carbons (Fsp3) is 0.0625. The van der Waals surface area contributed by atoms with Gasteiger partial charge in [0.1, 0.15) is 11.8 Å². The summed E-state index contributed by atoms with van der Waals surface area (Å²) in [7, 11) is 0. The summed E-state index contributed by atoms with van der Waals surface area (Å²) in [5.41, 5.74) is -0.154. The first-order valence-electron chi connectivity index (χ1n) is 6.85. The van der Waals surface area contributed by atoms with Gasteiger partial charge >= 0.3 is 5.97 Å². The van der Waals surface area contributed by atoms with Crippen LogP contribution in [0.25, 0.3) is 0 Å². The number of rotatable bonds is 5. The lowest BCUT2D eigenvalue weighted by atomic mass is 10.1. The predicted molar refractivity (Wildman–Crippen MR) is 84.8 cm³/mol. The molecular formula is C16H11N3O6. The molecule has 0 unspecified atom stereocenters. The van der Waals surface area contributed by atoms with Gasteiger partial charge in [0.2, 0.25) is 0 Å². The molecule has 2 aromatic rings. The average Bonchev–Trinajstić information content (AvgIpc) is 2.60. The molecule has 0 aromatic heterocycles. The molecular weight excluding hydrogens is 330 g/mol. The van der Waals surface area contributed by atoms with E-state index in [4.69, 9.17) is 15.1 Å². The third kappa shape index (κ3) is 4.52. The maximum atomic E-state index is 11.8. The Morgan fingerprint density at radius 2 is 1.92 bits per heavy atom. The van der Waals surface area contributed by atoms with Crippen LogP contribution >= 0.6 is 0 Å². The number of carbonyl (C=O) groups is 2. The first kappa shape index (κ1) is 17.4. The molecule has 2 N–H and O–H groups in total. The normalized spacial score (nSPS) is 9.72. The number of hydrogen-bond donors (Lipinski definition) is 2. The van der Waals surface area contributed by atoms with Crippen LogP contribution in [0.1, 0.15) is 15.9 Å². The monoisotopic (exact) mass is 341 g/mol. The van der Waals surface area contributed by atoms with Gasteiger partial charge in [-0.1, -0.05) is 0 Å². The van der Waals surface area contributed by atoms with Crippen molar-refractivity contribution < 1.29 is 24.4 Å². The fourth-order valence-corrected chi connectivity index (χ4v) is 1.85. The highest BCUT2D eigenvalue weighted by atomic mass is 16.6. The number of nitrogens with one attached hydrogen (secondary N) is 1. The highest BCUT2D eigenvalue weighted by Crippen LogP contribution is 2.21. The number of non-ortho nitro benzene ring substituents is 1. The zero-order chi connectivity index (χ0) is 18.4. The lowest BCUT2D eigenvalue weighted by molar-refractivity contribution is -0.384. The second-order valence-corrected chi connectivity index (χ2v) is 4.77. The molecule has 0 aliphatic carbocycles. The van der Waals surface area contributed by atoms with Crippen molar-refractivity contribution in [2.45, 2.75) is 0 Å². The van der Waals surface area contributed by atoms with Gasteiger partial charge < -0.3 is 15.2 Å². The Morgan fingerprint density at radius 3 is 2.52 bits per heavy atom. The number of nitriles is 1. The van der Waals surface area contributed by atoms with Crippen molar-refractivity contribution in [1.29, 1.82) is 5.26 Å². The quantitative estimate of drug-likeness (QED) is 0.481. The zero-order valence-corrected chi connectivity index (χ0v) is 12.6. The number of benzene rings is 2. The van der Waals surface area contributed by atoms with Crippen LogP contribution in [0, 0.1) is 21.4 Å². The van der Waals surface area contributed by atoms with Gasteiger partial charge in [-0.25, -0.2) is 4.79 Å². The summed E-state index contributed by atoms with van der Waals surface area (Å²) in [5, 5.41) is 31.1. The van der Waals surface area contributed by atoms with Gasteiger partial charge in [-0.05, 0) is 30.3 Å². The Morgan fingerprint density at radius 1 is 1.24 bits per heavy atom. The maximum absolute atomic E-state index is 11.8. The largest absolute Gasteiger partial charge is 0.508 e. The van der Waals surface area contributed by atoms with Gasteiger partial charge in [-0.15, -0.1) is 0 Å². The summed E-state index contributed by atoms with van der Waals surface area (Å²) in [4.78, 5) is 33.6. The molecule has 0 saturated carbocycles. The van der Waals surface area contributed by atoms with Gasteiger partial charge in [0.15, 0.2) is 6.61 Å². The van der Waals surface area contributed by atoms with Crippen LogP contribution in [0.5, 0.6) is 5.75 Å². The summed E-state index contributed by atoms with van der Waals surface area (Å²) in [6, 6.07) is 10.4. The van der Waals surface area contributed by atoms with E-state index in [2.05, 4.69) is 5.32 Å². The molecule has 9 heteroatoms. The second kappa shape index (κ2) is 7.56.